The van der Waals surface area contributed by atoms with Crippen molar-refractivity contribution < 1.29 is 14.3 Å². The van der Waals surface area contributed by atoms with Gasteiger partial charge >= 0.3 is 5.97 Å². The molecule has 6 heteroatoms. The molecule has 6 nitrogen and oxygen atoms in total. The Bertz CT molecular complexity index is 646. The highest BCUT2D eigenvalue weighted by Crippen LogP contribution is 2.18. The van der Waals surface area contributed by atoms with Crippen LogP contribution in [0.5, 0.6) is 0 Å². The summed E-state index contributed by atoms with van der Waals surface area (Å²) in [6, 6.07) is 1.64. The number of rotatable bonds is 5. The first-order valence-corrected chi connectivity index (χ1v) is 6.34. The summed E-state index contributed by atoms with van der Waals surface area (Å²) in [4.78, 5) is 27.5. The van der Waals surface area contributed by atoms with Crippen LogP contribution < -0.4 is 5.32 Å². The van der Waals surface area contributed by atoms with Crippen molar-refractivity contribution in [3.05, 3.63) is 30.2 Å². The summed E-state index contributed by atoms with van der Waals surface area (Å²) in [7, 11) is 1.33. The van der Waals surface area contributed by atoms with Crippen molar-refractivity contribution in [1.82, 2.24) is 9.38 Å². The Labute approximate surface area is 116 Å². The molecule has 0 saturated heterocycles. The molecular formula is C14H17N3O3. The molecule has 106 valence electrons. The normalized spacial score (nSPS) is 10.8. The Kier molecular flexibility index (Phi) is 4.02. The van der Waals surface area contributed by atoms with Gasteiger partial charge in [0.2, 0.25) is 0 Å². The van der Waals surface area contributed by atoms with Crippen molar-refractivity contribution in [3.63, 3.8) is 0 Å². The number of ether oxygens (including phenoxy) is 1. The molecule has 2 aromatic heterocycles. The van der Waals surface area contributed by atoms with Gasteiger partial charge in [0.15, 0.2) is 11.4 Å². The van der Waals surface area contributed by atoms with Gasteiger partial charge in [-0.2, -0.15) is 0 Å². The Hall–Kier alpha value is -2.37. The monoisotopic (exact) mass is 275 g/mol. The molecule has 0 fully saturated rings. The summed E-state index contributed by atoms with van der Waals surface area (Å²) in [5.74, 6) is -0.376. The van der Waals surface area contributed by atoms with E-state index in [4.69, 9.17) is 4.74 Å². The lowest BCUT2D eigenvalue weighted by molar-refractivity contribution is -0.120. The molecule has 0 radical (unpaired) electrons. The van der Waals surface area contributed by atoms with Crippen LogP contribution in [0.25, 0.3) is 5.65 Å². The molecule has 2 heterocycles. The van der Waals surface area contributed by atoms with Crippen LogP contribution >= 0.6 is 0 Å². The number of hydrogen-bond donors (Lipinski definition) is 1. The van der Waals surface area contributed by atoms with E-state index in [1.165, 1.54) is 7.11 Å². The number of ketones is 1. The molecule has 0 aromatic carbocycles. The molecule has 0 saturated carbocycles. The van der Waals surface area contributed by atoms with Gasteiger partial charge in [-0.3, -0.25) is 4.79 Å². The molecule has 0 aliphatic heterocycles. The van der Waals surface area contributed by atoms with Crippen molar-refractivity contribution >= 4 is 23.1 Å². The van der Waals surface area contributed by atoms with Crippen LogP contribution in [-0.2, 0) is 9.53 Å². The number of hydrogen-bond acceptors (Lipinski definition) is 5. The van der Waals surface area contributed by atoms with Crippen molar-refractivity contribution in [1.29, 1.82) is 0 Å². The Morgan fingerprint density at radius 1 is 1.45 bits per heavy atom. The smallest absolute Gasteiger partial charge is 0.339 e. The number of nitrogens with one attached hydrogen (secondary N) is 1. The third-order valence-corrected chi connectivity index (χ3v) is 3.01. The van der Waals surface area contributed by atoms with Gasteiger partial charge in [-0.05, 0) is 6.07 Å². The van der Waals surface area contributed by atoms with Crippen molar-refractivity contribution in [2.24, 2.45) is 5.92 Å². The fourth-order valence-electron chi connectivity index (χ4n) is 1.78. The fraction of sp³-hybridized carbons (Fsp3) is 0.357. The van der Waals surface area contributed by atoms with Crippen molar-refractivity contribution in [3.8, 4) is 0 Å². The number of pyridine rings is 1. The van der Waals surface area contributed by atoms with E-state index < -0.39 is 5.97 Å². The first kappa shape index (κ1) is 14.0. The van der Waals surface area contributed by atoms with Crippen LogP contribution in [0.15, 0.2) is 24.7 Å². The molecular weight excluding hydrogens is 258 g/mol. The van der Waals surface area contributed by atoms with E-state index in [1.807, 2.05) is 13.8 Å². The number of esters is 1. The Morgan fingerprint density at radius 3 is 2.85 bits per heavy atom. The topological polar surface area (TPSA) is 72.7 Å². The second-order valence-electron chi connectivity index (χ2n) is 4.77. The molecule has 0 aliphatic carbocycles. The number of aromatic nitrogens is 2. The summed E-state index contributed by atoms with van der Waals surface area (Å²) in [5.41, 5.74) is 1.69. The number of nitrogens with zero attached hydrogens (tertiary/aromatic N) is 2. The first-order valence-electron chi connectivity index (χ1n) is 6.34. The van der Waals surface area contributed by atoms with E-state index >= 15 is 0 Å². The third-order valence-electron chi connectivity index (χ3n) is 3.01. The average Bonchev–Trinajstić information content (AvgIpc) is 2.91. The molecule has 0 spiro atoms. The number of fused-ring (bicyclic) bond motifs is 1. The van der Waals surface area contributed by atoms with Gasteiger partial charge in [-0.25, -0.2) is 9.78 Å². The molecule has 2 aromatic rings. The second-order valence-corrected chi connectivity index (χ2v) is 4.77. The van der Waals surface area contributed by atoms with Gasteiger partial charge in [-0.1, -0.05) is 13.8 Å². The van der Waals surface area contributed by atoms with Crippen LogP contribution in [-0.4, -0.2) is 34.8 Å². The molecule has 0 aliphatic rings. The highest BCUT2D eigenvalue weighted by molar-refractivity contribution is 5.92. The number of Topliss-reactive ketones (excluding diaryl/α,β-unsaturated/α-hetero) is 1. The third kappa shape index (κ3) is 2.79. The summed E-state index contributed by atoms with van der Waals surface area (Å²) in [5, 5.41) is 3.03. The lowest BCUT2D eigenvalue weighted by Gasteiger charge is -2.10. The number of carbonyl (C=O) groups is 2. The number of methoxy groups -OCH3 is 1. The number of carbonyl (C=O) groups excluding carboxylic acids is 2. The zero-order valence-electron chi connectivity index (χ0n) is 11.7. The minimum absolute atomic E-state index is 0.0398. The largest absolute Gasteiger partial charge is 0.465 e. The molecule has 0 atom stereocenters. The van der Waals surface area contributed by atoms with Crippen LogP contribution in [0.2, 0.25) is 0 Å². The lowest BCUT2D eigenvalue weighted by atomic mass is 10.1. The van der Waals surface area contributed by atoms with Gasteiger partial charge in [0.25, 0.3) is 0 Å². The van der Waals surface area contributed by atoms with Crippen LogP contribution in [0.3, 0.4) is 0 Å². The summed E-state index contributed by atoms with van der Waals surface area (Å²) >= 11 is 0. The van der Waals surface area contributed by atoms with E-state index in [9.17, 15) is 9.59 Å². The van der Waals surface area contributed by atoms with Gasteiger partial charge in [0.05, 0.1) is 24.9 Å². The molecule has 0 bridgehead atoms. The van der Waals surface area contributed by atoms with E-state index in [2.05, 4.69) is 10.3 Å². The summed E-state index contributed by atoms with van der Waals surface area (Å²) in [6.45, 7) is 3.89. The number of anilines is 1. The number of imidazole rings is 1. The first-order chi connectivity index (χ1) is 9.52. The molecule has 20 heavy (non-hydrogen) atoms. The van der Waals surface area contributed by atoms with Gasteiger partial charge < -0.3 is 14.5 Å². The molecule has 0 amide bonds. The van der Waals surface area contributed by atoms with E-state index in [-0.39, 0.29) is 18.2 Å². The average molecular weight is 275 g/mol. The second kappa shape index (κ2) is 5.73. The van der Waals surface area contributed by atoms with Crippen molar-refractivity contribution in [2.75, 3.05) is 19.0 Å². The Balaban J connectivity index is 2.33. The van der Waals surface area contributed by atoms with E-state index in [1.54, 1.807) is 29.1 Å². The van der Waals surface area contributed by atoms with Gasteiger partial charge in [-0.15, -0.1) is 0 Å². The maximum Gasteiger partial charge on any atom is 0.339 e. The molecule has 2 rings (SSSR count). The van der Waals surface area contributed by atoms with Crippen LogP contribution in [0.1, 0.15) is 24.2 Å². The molecule has 0 unspecified atom stereocenters. The van der Waals surface area contributed by atoms with Crippen LogP contribution in [0, 0.1) is 5.92 Å². The van der Waals surface area contributed by atoms with E-state index in [0.717, 1.165) is 0 Å². The maximum absolute atomic E-state index is 11.7. The Morgan fingerprint density at radius 2 is 2.20 bits per heavy atom. The van der Waals surface area contributed by atoms with Crippen LogP contribution in [0.4, 0.5) is 5.69 Å². The zero-order valence-corrected chi connectivity index (χ0v) is 11.7. The lowest BCUT2D eigenvalue weighted by Crippen LogP contribution is -2.19. The van der Waals surface area contributed by atoms with Gasteiger partial charge in [0.1, 0.15) is 0 Å². The summed E-state index contributed by atoms with van der Waals surface area (Å²) < 4.78 is 6.43. The highest BCUT2D eigenvalue weighted by atomic mass is 16.5. The quantitative estimate of drug-likeness (QED) is 0.842. The minimum Gasteiger partial charge on any atom is -0.465 e. The standard InChI is InChI=1S/C14H17N3O3/c1-9(2)12(18)7-16-11-6-10(14(19)20-3)8-17-5-4-15-13(11)17/h4-6,8-9,16H,7H2,1-3H3. The predicted octanol–water partition coefficient (Wildman–Crippen LogP) is 1.76. The van der Waals surface area contributed by atoms with Crippen molar-refractivity contribution in [2.45, 2.75) is 13.8 Å². The predicted molar refractivity (Wildman–Crippen MR) is 74.9 cm³/mol. The SMILES string of the molecule is COC(=O)c1cc(NCC(=O)C(C)C)c2nccn2c1. The van der Waals surface area contributed by atoms with Gasteiger partial charge in [0, 0.05) is 24.5 Å². The maximum atomic E-state index is 11.7. The summed E-state index contributed by atoms with van der Waals surface area (Å²) in [6.07, 6.45) is 5.01. The zero-order chi connectivity index (χ0) is 14.7. The molecule has 1 N–H and O–H groups in total. The highest BCUT2D eigenvalue weighted by Gasteiger charge is 2.13. The minimum atomic E-state index is -0.432. The van der Waals surface area contributed by atoms with E-state index in [0.29, 0.717) is 16.9 Å². The fourth-order valence-corrected chi connectivity index (χ4v) is 1.78.